The van der Waals surface area contributed by atoms with E-state index in [1.807, 2.05) is 49.4 Å². The van der Waals surface area contributed by atoms with E-state index in [2.05, 4.69) is 10.3 Å². The third-order valence-electron chi connectivity index (χ3n) is 4.30. The van der Waals surface area contributed by atoms with Crippen molar-refractivity contribution < 1.29 is 14.3 Å². The number of hydrogen-bond donors (Lipinski definition) is 1. The Morgan fingerprint density at radius 2 is 1.83 bits per heavy atom. The van der Waals surface area contributed by atoms with E-state index in [0.29, 0.717) is 12.2 Å². The van der Waals surface area contributed by atoms with E-state index in [9.17, 15) is 9.59 Å². The van der Waals surface area contributed by atoms with Crippen molar-refractivity contribution >= 4 is 29.1 Å². The smallest absolute Gasteiger partial charge is 0.224 e. The van der Waals surface area contributed by atoms with Gasteiger partial charge < -0.3 is 10.1 Å². The molecule has 1 aromatic heterocycles. The molecule has 0 bridgehead atoms. The van der Waals surface area contributed by atoms with E-state index in [4.69, 9.17) is 4.74 Å². The summed E-state index contributed by atoms with van der Waals surface area (Å²) in [6.45, 7) is 2.49. The number of hydrogen-bond acceptors (Lipinski definition) is 5. The first-order chi connectivity index (χ1) is 14.6. The Morgan fingerprint density at radius 3 is 2.57 bits per heavy atom. The molecular formula is C24H24N2O3S. The van der Waals surface area contributed by atoms with Crippen molar-refractivity contribution in [1.29, 1.82) is 0 Å². The molecule has 0 atom stereocenters. The molecule has 1 N–H and O–H groups in total. The number of thioether (sulfide) groups is 1. The zero-order valence-corrected chi connectivity index (χ0v) is 17.7. The molecular weight excluding hydrogens is 396 g/mol. The first-order valence-corrected chi connectivity index (χ1v) is 10.8. The average molecular weight is 421 g/mol. The SMILES string of the molecule is CCOc1ccc(C(=O)CCC(=O)Nc2cccc(CSc3ccccn3)c2)cc1. The number of benzene rings is 2. The van der Waals surface area contributed by atoms with Gasteiger partial charge in [-0.25, -0.2) is 4.98 Å². The van der Waals surface area contributed by atoms with Crippen LogP contribution in [0.25, 0.3) is 0 Å². The van der Waals surface area contributed by atoms with E-state index in [-0.39, 0.29) is 24.5 Å². The minimum Gasteiger partial charge on any atom is -0.494 e. The second-order valence-corrected chi connectivity index (χ2v) is 7.58. The van der Waals surface area contributed by atoms with Crippen LogP contribution in [0.3, 0.4) is 0 Å². The number of Topliss-reactive ketones (excluding diaryl/α,β-unsaturated/α-hetero) is 1. The van der Waals surface area contributed by atoms with Crippen LogP contribution in [-0.4, -0.2) is 23.3 Å². The monoisotopic (exact) mass is 420 g/mol. The minimum absolute atomic E-state index is 0.0614. The van der Waals surface area contributed by atoms with E-state index >= 15 is 0 Å². The number of anilines is 1. The fraction of sp³-hybridized carbons (Fsp3) is 0.208. The Kier molecular flexibility index (Phi) is 8.03. The Morgan fingerprint density at radius 1 is 1.00 bits per heavy atom. The molecule has 0 saturated carbocycles. The molecule has 6 heteroatoms. The fourth-order valence-corrected chi connectivity index (χ4v) is 3.63. The number of carbonyl (C=O) groups excluding carboxylic acids is 2. The number of aromatic nitrogens is 1. The predicted molar refractivity (Wildman–Crippen MR) is 120 cm³/mol. The topological polar surface area (TPSA) is 68.3 Å². The molecule has 3 aromatic rings. The van der Waals surface area contributed by atoms with Gasteiger partial charge in [-0.2, -0.15) is 0 Å². The second-order valence-electron chi connectivity index (χ2n) is 6.59. The zero-order chi connectivity index (χ0) is 21.2. The lowest BCUT2D eigenvalue weighted by Crippen LogP contribution is -2.13. The number of nitrogens with one attached hydrogen (secondary N) is 1. The molecule has 30 heavy (non-hydrogen) atoms. The first-order valence-electron chi connectivity index (χ1n) is 9.82. The predicted octanol–water partition coefficient (Wildman–Crippen LogP) is 5.37. The standard InChI is InChI=1S/C24H24N2O3S/c1-2-29-21-11-9-19(10-12-21)22(27)13-14-23(28)26-20-7-5-6-18(16-20)17-30-24-8-3-4-15-25-24/h3-12,15-16H,2,13-14,17H2,1H3,(H,26,28). The van der Waals surface area contributed by atoms with Gasteiger partial charge in [0.15, 0.2) is 5.78 Å². The zero-order valence-electron chi connectivity index (χ0n) is 16.8. The van der Waals surface area contributed by atoms with Crippen LogP contribution in [0.1, 0.15) is 35.7 Å². The molecule has 1 amide bonds. The summed E-state index contributed by atoms with van der Waals surface area (Å²) in [5.41, 5.74) is 2.40. The minimum atomic E-state index is -0.177. The van der Waals surface area contributed by atoms with Crippen LogP contribution in [0.2, 0.25) is 0 Å². The van der Waals surface area contributed by atoms with Gasteiger partial charge in [-0.05, 0) is 61.0 Å². The highest BCUT2D eigenvalue weighted by Crippen LogP contribution is 2.22. The molecule has 0 radical (unpaired) electrons. The van der Waals surface area contributed by atoms with Crippen molar-refractivity contribution in [3.63, 3.8) is 0 Å². The van der Waals surface area contributed by atoms with Crippen molar-refractivity contribution in [2.75, 3.05) is 11.9 Å². The maximum Gasteiger partial charge on any atom is 0.224 e. The molecule has 0 unspecified atom stereocenters. The quantitative estimate of drug-likeness (QED) is 0.353. The molecule has 1 heterocycles. The van der Waals surface area contributed by atoms with Gasteiger partial charge >= 0.3 is 0 Å². The largest absolute Gasteiger partial charge is 0.494 e. The molecule has 0 saturated heterocycles. The number of nitrogens with zero attached hydrogens (tertiary/aromatic N) is 1. The molecule has 0 spiro atoms. The van der Waals surface area contributed by atoms with Gasteiger partial charge in [-0.1, -0.05) is 18.2 Å². The summed E-state index contributed by atoms with van der Waals surface area (Å²) in [5, 5.41) is 3.84. The van der Waals surface area contributed by atoms with Crippen molar-refractivity contribution in [2.45, 2.75) is 30.5 Å². The summed E-state index contributed by atoms with van der Waals surface area (Å²) < 4.78 is 5.38. The van der Waals surface area contributed by atoms with Gasteiger partial charge in [0.2, 0.25) is 5.91 Å². The van der Waals surface area contributed by atoms with Gasteiger partial charge in [0.05, 0.1) is 11.6 Å². The fourth-order valence-electron chi connectivity index (χ4n) is 2.83. The van der Waals surface area contributed by atoms with Gasteiger partial charge in [-0.3, -0.25) is 9.59 Å². The Labute approximate surface area is 180 Å². The number of carbonyl (C=O) groups is 2. The molecule has 0 fully saturated rings. The van der Waals surface area contributed by atoms with Crippen LogP contribution in [0, 0.1) is 0 Å². The van der Waals surface area contributed by atoms with Crippen LogP contribution in [0.4, 0.5) is 5.69 Å². The van der Waals surface area contributed by atoms with Crippen LogP contribution in [-0.2, 0) is 10.5 Å². The van der Waals surface area contributed by atoms with E-state index < -0.39 is 0 Å². The lowest BCUT2D eigenvalue weighted by atomic mass is 10.1. The summed E-state index contributed by atoms with van der Waals surface area (Å²) in [7, 11) is 0. The molecule has 154 valence electrons. The van der Waals surface area contributed by atoms with Crippen molar-refractivity contribution in [3.05, 3.63) is 84.1 Å². The molecule has 5 nitrogen and oxygen atoms in total. The highest BCUT2D eigenvalue weighted by atomic mass is 32.2. The van der Waals surface area contributed by atoms with Crippen molar-refractivity contribution in [3.8, 4) is 5.75 Å². The van der Waals surface area contributed by atoms with Gasteiger partial charge in [0, 0.05) is 36.0 Å². The third-order valence-corrected chi connectivity index (χ3v) is 5.32. The summed E-state index contributed by atoms with van der Waals surface area (Å²) in [4.78, 5) is 28.9. The van der Waals surface area contributed by atoms with Crippen LogP contribution in [0.5, 0.6) is 5.75 Å². The summed E-state index contributed by atoms with van der Waals surface area (Å²) >= 11 is 1.64. The van der Waals surface area contributed by atoms with E-state index in [1.54, 1.807) is 42.2 Å². The van der Waals surface area contributed by atoms with E-state index in [0.717, 1.165) is 27.8 Å². The van der Waals surface area contributed by atoms with Crippen LogP contribution >= 0.6 is 11.8 Å². The molecule has 3 rings (SSSR count). The molecule has 2 aromatic carbocycles. The normalized spacial score (nSPS) is 10.4. The van der Waals surface area contributed by atoms with Crippen molar-refractivity contribution in [2.24, 2.45) is 0 Å². The highest BCUT2D eigenvalue weighted by Gasteiger charge is 2.10. The summed E-state index contributed by atoms with van der Waals surface area (Å²) in [6.07, 6.45) is 2.07. The molecule has 0 aliphatic heterocycles. The number of rotatable bonds is 10. The summed E-state index contributed by atoms with van der Waals surface area (Å²) in [5.74, 6) is 1.25. The Bertz CT molecular complexity index is 975. The molecule has 0 aliphatic rings. The van der Waals surface area contributed by atoms with Crippen molar-refractivity contribution in [1.82, 2.24) is 4.98 Å². The van der Waals surface area contributed by atoms with E-state index in [1.165, 1.54) is 0 Å². The highest BCUT2D eigenvalue weighted by molar-refractivity contribution is 7.98. The lowest BCUT2D eigenvalue weighted by molar-refractivity contribution is -0.116. The average Bonchev–Trinajstić information content (AvgIpc) is 2.78. The van der Waals surface area contributed by atoms with Crippen LogP contribution < -0.4 is 10.1 Å². The third kappa shape index (κ3) is 6.74. The van der Waals surface area contributed by atoms with Crippen LogP contribution in [0.15, 0.2) is 78.0 Å². The second kappa shape index (κ2) is 11.2. The Hall–Kier alpha value is -3.12. The molecule has 0 aliphatic carbocycles. The number of pyridine rings is 1. The summed E-state index contributed by atoms with van der Waals surface area (Å²) in [6, 6.07) is 20.5. The number of ether oxygens (including phenoxy) is 1. The maximum atomic E-state index is 12.3. The van der Waals surface area contributed by atoms with Gasteiger partial charge in [0.1, 0.15) is 5.75 Å². The number of amides is 1. The maximum absolute atomic E-state index is 12.3. The lowest BCUT2D eigenvalue weighted by Gasteiger charge is -2.08. The number of ketones is 1. The van der Waals surface area contributed by atoms with Gasteiger partial charge in [0.25, 0.3) is 0 Å². The van der Waals surface area contributed by atoms with Gasteiger partial charge in [-0.15, -0.1) is 11.8 Å². The Balaban J connectivity index is 1.47. The first kappa shape index (κ1) is 21.6.